The fourth-order valence-electron chi connectivity index (χ4n) is 1.43. The summed E-state index contributed by atoms with van der Waals surface area (Å²) < 4.78 is 0. The van der Waals surface area contributed by atoms with Crippen molar-refractivity contribution in [3.8, 4) is 0 Å². The maximum atomic E-state index is 11.5. The number of Topliss-reactive ketones (excluding diaryl/α,β-unsaturated/α-hetero) is 1. The van der Waals surface area contributed by atoms with E-state index in [1.165, 1.54) is 0 Å². The second-order valence-corrected chi connectivity index (χ2v) is 3.01. The van der Waals surface area contributed by atoms with Gasteiger partial charge in [-0.25, -0.2) is 0 Å². The van der Waals surface area contributed by atoms with Crippen LogP contribution < -0.4 is 0 Å². The van der Waals surface area contributed by atoms with E-state index in [9.17, 15) is 4.79 Å². The first-order valence-corrected chi connectivity index (χ1v) is 7.44. The summed E-state index contributed by atoms with van der Waals surface area (Å²) in [6.45, 7) is 21.4. The predicted molar refractivity (Wildman–Crippen MR) is 89.5 cm³/mol. The van der Waals surface area contributed by atoms with Crippen molar-refractivity contribution in [1.29, 1.82) is 0 Å². The zero-order valence-electron chi connectivity index (χ0n) is 14.0. The van der Waals surface area contributed by atoms with E-state index in [0.29, 0.717) is 6.42 Å². The molecule has 1 rings (SSSR count). The van der Waals surface area contributed by atoms with Crippen molar-refractivity contribution in [2.45, 2.75) is 61.3 Å². The highest BCUT2D eigenvalue weighted by Crippen LogP contribution is 2.24. The van der Waals surface area contributed by atoms with Gasteiger partial charge in [0.2, 0.25) is 0 Å². The topological polar surface area (TPSA) is 17.1 Å². The van der Waals surface area contributed by atoms with Gasteiger partial charge in [0.15, 0.2) is 5.78 Å². The predicted octanol–water partition coefficient (Wildman–Crippen LogP) is 6.04. The fourth-order valence-corrected chi connectivity index (χ4v) is 1.43. The number of ketones is 1. The molecule has 19 heavy (non-hydrogen) atoms. The number of carbonyl (C=O) groups is 1. The van der Waals surface area contributed by atoms with Crippen molar-refractivity contribution in [3.05, 3.63) is 48.1 Å². The van der Waals surface area contributed by atoms with E-state index in [2.05, 4.69) is 13.2 Å². The number of hydrogen-bond donors (Lipinski definition) is 0. The summed E-state index contributed by atoms with van der Waals surface area (Å²) in [5.41, 5.74) is 2.91. The summed E-state index contributed by atoms with van der Waals surface area (Å²) in [5, 5.41) is 0. The normalized spacial score (nSPS) is 12.6. The molecule has 0 amide bonds. The lowest BCUT2D eigenvalue weighted by Gasteiger charge is -2.13. The van der Waals surface area contributed by atoms with Crippen LogP contribution in [0.2, 0.25) is 0 Å². The smallest absolute Gasteiger partial charge is 0.163 e. The lowest BCUT2D eigenvalue weighted by Crippen LogP contribution is -2.08. The van der Waals surface area contributed by atoms with Crippen molar-refractivity contribution in [1.82, 2.24) is 0 Å². The van der Waals surface area contributed by atoms with E-state index in [1.54, 1.807) is 12.2 Å². The summed E-state index contributed by atoms with van der Waals surface area (Å²) in [4.78, 5) is 11.5. The van der Waals surface area contributed by atoms with Gasteiger partial charge in [0, 0.05) is 6.42 Å². The summed E-state index contributed by atoms with van der Waals surface area (Å²) >= 11 is 0. The average Bonchev–Trinajstić information content (AvgIpc) is 2.52. The molecule has 0 saturated carbocycles. The Balaban J connectivity index is -0.000000375. The molecule has 0 aromatic heterocycles. The zero-order chi connectivity index (χ0) is 15.8. The van der Waals surface area contributed by atoms with E-state index in [-0.39, 0.29) is 5.78 Å². The highest BCUT2D eigenvalue weighted by atomic mass is 16.1. The van der Waals surface area contributed by atoms with Crippen LogP contribution in [0.5, 0.6) is 0 Å². The second-order valence-electron chi connectivity index (χ2n) is 3.01. The summed E-state index contributed by atoms with van der Waals surface area (Å²) in [6, 6.07) is 0. The van der Waals surface area contributed by atoms with Gasteiger partial charge in [0.25, 0.3) is 0 Å². The van der Waals surface area contributed by atoms with Gasteiger partial charge in [-0.1, -0.05) is 73.8 Å². The largest absolute Gasteiger partial charge is 0.294 e. The lowest BCUT2D eigenvalue weighted by atomic mass is 9.90. The Labute approximate surface area is 120 Å². The van der Waals surface area contributed by atoms with Crippen molar-refractivity contribution < 1.29 is 4.79 Å². The number of hydrogen-bond acceptors (Lipinski definition) is 1. The summed E-state index contributed by atoms with van der Waals surface area (Å²) in [6.07, 6.45) is 6.69. The third-order valence-electron chi connectivity index (χ3n) is 2.26. The maximum Gasteiger partial charge on any atom is 0.163 e. The van der Waals surface area contributed by atoms with Crippen LogP contribution in [0.1, 0.15) is 61.3 Å². The molecule has 1 aliphatic carbocycles. The van der Waals surface area contributed by atoms with Gasteiger partial charge in [0.1, 0.15) is 0 Å². The lowest BCUT2D eigenvalue weighted by molar-refractivity contribution is -0.115. The molecule has 0 aromatic rings. The van der Waals surface area contributed by atoms with Gasteiger partial charge < -0.3 is 0 Å². The van der Waals surface area contributed by atoms with Crippen LogP contribution in [0.25, 0.3) is 0 Å². The van der Waals surface area contributed by atoms with Crippen LogP contribution in [-0.4, -0.2) is 5.78 Å². The van der Waals surface area contributed by atoms with Crippen LogP contribution in [-0.2, 0) is 4.79 Å². The first-order chi connectivity index (χ1) is 9.22. The molecule has 0 fully saturated rings. The second kappa shape index (κ2) is 16.6. The zero-order valence-corrected chi connectivity index (χ0v) is 14.0. The van der Waals surface area contributed by atoms with Crippen LogP contribution >= 0.6 is 0 Å². The first kappa shape index (κ1) is 22.8. The molecule has 0 spiro atoms. The van der Waals surface area contributed by atoms with Gasteiger partial charge in [-0.05, 0) is 29.2 Å². The Morgan fingerprint density at radius 2 is 1.53 bits per heavy atom. The average molecular weight is 264 g/mol. The molecular formula is C18H32O. The van der Waals surface area contributed by atoms with Crippen molar-refractivity contribution in [3.63, 3.8) is 0 Å². The van der Waals surface area contributed by atoms with Gasteiger partial charge in [-0.3, -0.25) is 4.79 Å². The van der Waals surface area contributed by atoms with E-state index < -0.39 is 0 Å². The van der Waals surface area contributed by atoms with Crippen LogP contribution in [0, 0.1) is 0 Å². The monoisotopic (exact) mass is 264 g/mol. The highest BCUT2D eigenvalue weighted by molar-refractivity contribution is 5.99. The standard InChI is InChI=1S/C12H14O.3C2H6/c1-4-9-7-11(6-3)12(13)8-10(9)5-2;3*1-2/h4-5,7H,1-2,6,8H2,3H3;3*1-2H3. The van der Waals surface area contributed by atoms with Crippen molar-refractivity contribution >= 4 is 5.78 Å². The molecule has 0 aliphatic heterocycles. The molecule has 1 heteroatoms. The highest BCUT2D eigenvalue weighted by Gasteiger charge is 2.15. The minimum absolute atomic E-state index is 0.211. The Kier molecular flexibility index (Phi) is 19.9. The molecular weight excluding hydrogens is 232 g/mol. The minimum atomic E-state index is 0.211. The molecule has 110 valence electrons. The molecule has 0 atom stereocenters. The quantitative estimate of drug-likeness (QED) is 0.607. The number of rotatable bonds is 3. The summed E-state index contributed by atoms with van der Waals surface area (Å²) in [7, 11) is 0. The Bertz CT molecular complexity index is 317. The molecule has 0 radical (unpaired) electrons. The molecule has 1 aliphatic rings. The van der Waals surface area contributed by atoms with Gasteiger partial charge >= 0.3 is 0 Å². The minimum Gasteiger partial charge on any atom is -0.294 e. The van der Waals surface area contributed by atoms with Crippen LogP contribution in [0.4, 0.5) is 0 Å². The van der Waals surface area contributed by atoms with Crippen molar-refractivity contribution in [2.75, 3.05) is 0 Å². The van der Waals surface area contributed by atoms with Gasteiger partial charge in [-0.15, -0.1) is 0 Å². The number of carbonyl (C=O) groups excluding carboxylic acids is 1. The van der Waals surface area contributed by atoms with E-state index in [1.807, 2.05) is 54.5 Å². The molecule has 1 nitrogen and oxygen atoms in total. The van der Waals surface area contributed by atoms with Crippen molar-refractivity contribution in [2.24, 2.45) is 0 Å². The summed E-state index contributed by atoms with van der Waals surface area (Å²) in [5.74, 6) is 0.211. The molecule has 0 heterocycles. The Morgan fingerprint density at radius 3 is 1.84 bits per heavy atom. The van der Waals surface area contributed by atoms with Gasteiger partial charge in [0.05, 0.1) is 0 Å². The van der Waals surface area contributed by atoms with Crippen LogP contribution in [0.3, 0.4) is 0 Å². The SMILES string of the molecule is C=CC1=C(C=C)CC(=O)C(CC)=C1.CC.CC.CC. The molecule has 0 saturated heterocycles. The van der Waals surface area contributed by atoms with E-state index in [4.69, 9.17) is 0 Å². The van der Waals surface area contributed by atoms with Crippen LogP contribution in [0.15, 0.2) is 48.1 Å². The Hall–Kier alpha value is -1.37. The van der Waals surface area contributed by atoms with E-state index in [0.717, 1.165) is 23.1 Å². The molecule has 0 aromatic carbocycles. The van der Waals surface area contributed by atoms with E-state index >= 15 is 0 Å². The maximum absolute atomic E-state index is 11.5. The Morgan fingerprint density at radius 1 is 1.05 bits per heavy atom. The molecule has 0 bridgehead atoms. The van der Waals surface area contributed by atoms with Gasteiger partial charge in [-0.2, -0.15) is 0 Å². The first-order valence-electron chi connectivity index (χ1n) is 7.44. The number of allylic oxidation sites excluding steroid dienone is 6. The molecule has 0 unspecified atom stereocenters. The third kappa shape index (κ3) is 8.36. The fraction of sp³-hybridized carbons (Fsp3) is 0.500. The third-order valence-corrected chi connectivity index (χ3v) is 2.26. The molecule has 0 N–H and O–H groups in total.